The SMILES string of the molecule is CCOC(=O)[C@H]1[C@H]2C(=O)N([C@@H](CC)CO)[C@H](C(=O)Nc3cc(C)ccc3C)[C@H]2C=C[C@H]1C. The second-order valence-corrected chi connectivity index (χ2v) is 8.87. The highest BCUT2D eigenvalue weighted by Crippen LogP contribution is 2.45. The monoisotopic (exact) mass is 442 g/mol. The molecule has 1 aliphatic heterocycles. The maximum Gasteiger partial charge on any atom is 0.310 e. The van der Waals surface area contributed by atoms with Crippen LogP contribution in [0.25, 0.3) is 0 Å². The fourth-order valence-corrected chi connectivity index (χ4v) is 5.02. The molecule has 1 heterocycles. The van der Waals surface area contributed by atoms with Crippen molar-refractivity contribution in [2.75, 3.05) is 18.5 Å². The lowest BCUT2D eigenvalue weighted by Gasteiger charge is -2.33. The first-order valence-corrected chi connectivity index (χ1v) is 11.4. The Morgan fingerprint density at radius 1 is 1.22 bits per heavy atom. The van der Waals surface area contributed by atoms with Crippen molar-refractivity contribution < 1.29 is 24.2 Å². The molecule has 7 nitrogen and oxygen atoms in total. The van der Waals surface area contributed by atoms with Crippen LogP contribution < -0.4 is 5.32 Å². The predicted molar refractivity (Wildman–Crippen MR) is 122 cm³/mol. The minimum Gasteiger partial charge on any atom is -0.466 e. The Bertz CT molecular complexity index is 908. The smallest absolute Gasteiger partial charge is 0.310 e. The summed E-state index contributed by atoms with van der Waals surface area (Å²) in [5.41, 5.74) is 2.62. The lowest BCUT2D eigenvalue weighted by atomic mass is 9.70. The first kappa shape index (κ1) is 24.0. The van der Waals surface area contributed by atoms with Gasteiger partial charge in [-0.15, -0.1) is 0 Å². The maximum atomic E-state index is 13.6. The first-order valence-electron chi connectivity index (χ1n) is 11.4. The van der Waals surface area contributed by atoms with E-state index in [0.717, 1.165) is 11.1 Å². The van der Waals surface area contributed by atoms with Gasteiger partial charge in [0.1, 0.15) is 6.04 Å². The number of likely N-dealkylation sites (tertiary alicyclic amines) is 1. The molecule has 3 rings (SSSR count). The van der Waals surface area contributed by atoms with Crippen LogP contribution in [0.3, 0.4) is 0 Å². The Morgan fingerprint density at radius 3 is 2.56 bits per heavy atom. The van der Waals surface area contributed by atoms with Gasteiger partial charge in [-0.2, -0.15) is 0 Å². The van der Waals surface area contributed by atoms with Crippen molar-refractivity contribution in [1.82, 2.24) is 4.90 Å². The van der Waals surface area contributed by atoms with Gasteiger partial charge in [0.2, 0.25) is 11.8 Å². The van der Waals surface area contributed by atoms with Crippen LogP contribution in [0.2, 0.25) is 0 Å². The van der Waals surface area contributed by atoms with Crippen LogP contribution in [0.4, 0.5) is 5.69 Å². The number of anilines is 1. The number of aliphatic hydroxyl groups excluding tert-OH is 1. The molecule has 7 heteroatoms. The van der Waals surface area contributed by atoms with Crippen molar-refractivity contribution in [2.24, 2.45) is 23.7 Å². The highest BCUT2D eigenvalue weighted by Gasteiger charge is 2.58. The van der Waals surface area contributed by atoms with Gasteiger partial charge in [-0.05, 0) is 50.3 Å². The summed E-state index contributed by atoms with van der Waals surface area (Å²) in [5.74, 6) is -3.01. The summed E-state index contributed by atoms with van der Waals surface area (Å²) in [4.78, 5) is 41.5. The van der Waals surface area contributed by atoms with Gasteiger partial charge >= 0.3 is 5.97 Å². The Labute approximate surface area is 189 Å². The van der Waals surface area contributed by atoms with E-state index in [0.29, 0.717) is 12.1 Å². The molecule has 0 spiro atoms. The van der Waals surface area contributed by atoms with E-state index in [2.05, 4.69) is 5.32 Å². The molecule has 0 bridgehead atoms. The summed E-state index contributed by atoms with van der Waals surface area (Å²) >= 11 is 0. The van der Waals surface area contributed by atoms with E-state index < -0.39 is 35.8 Å². The van der Waals surface area contributed by atoms with Gasteiger partial charge in [0.15, 0.2) is 0 Å². The number of benzene rings is 1. The lowest BCUT2D eigenvalue weighted by molar-refractivity contribution is -0.155. The van der Waals surface area contributed by atoms with Crippen molar-refractivity contribution in [2.45, 2.75) is 53.1 Å². The maximum absolute atomic E-state index is 13.6. The number of carbonyl (C=O) groups excluding carboxylic acids is 3. The molecule has 0 aromatic heterocycles. The van der Waals surface area contributed by atoms with Crippen LogP contribution in [0.1, 0.15) is 38.3 Å². The zero-order chi connectivity index (χ0) is 23.6. The van der Waals surface area contributed by atoms with Gasteiger partial charge in [-0.25, -0.2) is 0 Å². The summed E-state index contributed by atoms with van der Waals surface area (Å²) in [5, 5.41) is 13.0. The molecule has 2 N–H and O–H groups in total. The number of fused-ring (bicyclic) bond motifs is 1. The van der Waals surface area contributed by atoms with E-state index >= 15 is 0 Å². The average Bonchev–Trinajstić information content (AvgIpc) is 3.04. The number of rotatable bonds is 7. The number of amides is 2. The van der Waals surface area contributed by atoms with Crippen LogP contribution in [0.15, 0.2) is 30.4 Å². The fourth-order valence-electron chi connectivity index (χ4n) is 5.02. The molecule has 1 aromatic carbocycles. The van der Waals surface area contributed by atoms with E-state index in [9.17, 15) is 19.5 Å². The highest BCUT2D eigenvalue weighted by molar-refractivity contribution is 6.02. The molecule has 2 amide bonds. The molecular formula is C25H34N2O5. The Balaban J connectivity index is 2.02. The average molecular weight is 443 g/mol. The predicted octanol–water partition coefficient (Wildman–Crippen LogP) is 2.84. The Kier molecular flexibility index (Phi) is 7.39. The first-order chi connectivity index (χ1) is 15.2. The molecule has 32 heavy (non-hydrogen) atoms. The third-order valence-electron chi connectivity index (χ3n) is 6.76. The molecule has 2 aliphatic rings. The zero-order valence-electron chi connectivity index (χ0n) is 19.5. The van der Waals surface area contributed by atoms with Crippen LogP contribution in [0, 0.1) is 37.5 Å². The van der Waals surface area contributed by atoms with Gasteiger partial charge in [0.05, 0.1) is 31.1 Å². The number of aryl methyl sites for hydroxylation is 2. The van der Waals surface area contributed by atoms with Gasteiger partial charge < -0.3 is 20.1 Å². The number of ether oxygens (including phenoxy) is 1. The quantitative estimate of drug-likeness (QED) is 0.500. The largest absolute Gasteiger partial charge is 0.466 e. The molecule has 1 aromatic rings. The van der Waals surface area contributed by atoms with Crippen molar-refractivity contribution >= 4 is 23.5 Å². The molecule has 1 saturated heterocycles. The molecular weight excluding hydrogens is 408 g/mol. The molecule has 0 saturated carbocycles. The fraction of sp³-hybridized carbons (Fsp3) is 0.560. The van der Waals surface area contributed by atoms with E-state index in [1.807, 2.05) is 58.0 Å². The molecule has 1 aliphatic carbocycles. The molecule has 0 unspecified atom stereocenters. The van der Waals surface area contributed by atoms with Gasteiger partial charge in [0, 0.05) is 11.6 Å². The number of nitrogens with zero attached hydrogens (tertiary/aromatic N) is 1. The van der Waals surface area contributed by atoms with Gasteiger partial charge in [-0.3, -0.25) is 14.4 Å². The number of hydrogen-bond acceptors (Lipinski definition) is 5. The van der Waals surface area contributed by atoms with Crippen LogP contribution in [-0.2, 0) is 19.1 Å². The Morgan fingerprint density at radius 2 is 1.94 bits per heavy atom. The van der Waals surface area contributed by atoms with E-state index in [1.165, 1.54) is 4.90 Å². The van der Waals surface area contributed by atoms with E-state index in [-0.39, 0.29) is 30.9 Å². The van der Waals surface area contributed by atoms with Gasteiger partial charge in [-0.1, -0.05) is 38.1 Å². The minimum absolute atomic E-state index is 0.184. The van der Waals surface area contributed by atoms with Crippen LogP contribution in [0.5, 0.6) is 0 Å². The number of allylic oxidation sites excluding steroid dienone is 1. The van der Waals surface area contributed by atoms with E-state index in [1.54, 1.807) is 6.92 Å². The molecule has 174 valence electrons. The summed E-state index contributed by atoms with van der Waals surface area (Å²) in [6.07, 6.45) is 4.29. The second kappa shape index (κ2) is 9.86. The van der Waals surface area contributed by atoms with Crippen molar-refractivity contribution in [3.8, 4) is 0 Å². The summed E-state index contributed by atoms with van der Waals surface area (Å²) < 4.78 is 5.28. The van der Waals surface area contributed by atoms with Crippen LogP contribution in [-0.4, -0.2) is 53.1 Å². The minimum atomic E-state index is -0.815. The summed E-state index contributed by atoms with van der Waals surface area (Å²) in [7, 11) is 0. The van der Waals surface area contributed by atoms with Crippen molar-refractivity contribution in [3.63, 3.8) is 0 Å². The normalized spacial score (nSPS) is 27.8. The van der Waals surface area contributed by atoms with Crippen LogP contribution >= 0.6 is 0 Å². The van der Waals surface area contributed by atoms with Gasteiger partial charge in [0.25, 0.3) is 0 Å². The molecule has 1 fully saturated rings. The lowest BCUT2D eigenvalue weighted by Crippen LogP contribution is -2.50. The standard InChI is InChI=1S/C25H34N2O5/c1-6-17(13-28)27-22(23(29)26-19-12-14(3)8-9-15(19)4)18-11-10-16(5)20(21(18)24(27)30)25(31)32-7-2/h8-12,16-18,20-22,28H,6-7,13H2,1-5H3,(H,26,29)/t16-,17+,18+,20-,21+,22+/m1/s1. The number of hydrogen-bond donors (Lipinski definition) is 2. The summed E-state index contributed by atoms with van der Waals surface area (Å²) in [6, 6.07) is 4.49. The zero-order valence-corrected chi connectivity index (χ0v) is 19.5. The number of nitrogens with one attached hydrogen (secondary N) is 1. The third-order valence-corrected chi connectivity index (χ3v) is 6.76. The van der Waals surface area contributed by atoms with E-state index in [4.69, 9.17) is 4.74 Å². The topological polar surface area (TPSA) is 95.9 Å². The third kappa shape index (κ3) is 4.31. The highest BCUT2D eigenvalue weighted by atomic mass is 16.5. The second-order valence-electron chi connectivity index (χ2n) is 8.87. The summed E-state index contributed by atoms with van der Waals surface area (Å²) in [6.45, 7) is 9.34. The number of aliphatic hydroxyl groups is 1. The molecule has 6 atom stereocenters. The van der Waals surface area contributed by atoms with Crippen molar-refractivity contribution in [1.29, 1.82) is 0 Å². The Hall–Kier alpha value is -2.67. The molecule has 0 radical (unpaired) electrons. The number of esters is 1. The van der Waals surface area contributed by atoms with Crippen molar-refractivity contribution in [3.05, 3.63) is 41.5 Å². The number of carbonyl (C=O) groups is 3.